The molecule has 5 rings (SSSR count). The molecule has 0 aliphatic heterocycles. The first-order chi connectivity index (χ1) is 14.2. The number of hydrogen-bond acceptors (Lipinski definition) is 6. The summed E-state index contributed by atoms with van der Waals surface area (Å²) in [4.78, 5) is 7.82. The fraction of sp³-hybridized carbons (Fsp3) is 0.0909. The molecule has 0 aliphatic rings. The smallest absolute Gasteiger partial charge is 0.265 e. The molecule has 0 radical (unpaired) electrons. The van der Waals surface area contributed by atoms with Crippen molar-refractivity contribution in [3.63, 3.8) is 0 Å². The molecule has 0 atom stereocenters. The molecule has 0 unspecified atom stereocenters. The molecule has 3 aromatic carbocycles. The van der Waals surface area contributed by atoms with Crippen molar-refractivity contribution in [3.05, 3.63) is 65.7 Å². The van der Waals surface area contributed by atoms with Gasteiger partial charge in [0.1, 0.15) is 11.3 Å². The first-order valence-electron chi connectivity index (χ1n) is 9.21. The van der Waals surface area contributed by atoms with Crippen LogP contribution in [-0.2, 0) is 0 Å². The fourth-order valence-corrected chi connectivity index (χ4v) is 3.53. The number of H-pyrrole nitrogens is 1. The van der Waals surface area contributed by atoms with Crippen LogP contribution in [0.2, 0.25) is 0 Å². The third kappa shape index (κ3) is 2.93. The second kappa shape index (κ2) is 6.87. The maximum Gasteiger partial charge on any atom is 0.265 e. The quantitative estimate of drug-likeness (QED) is 0.355. The van der Waals surface area contributed by atoms with E-state index in [9.17, 15) is 0 Å². The first-order valence-corrected chi connectivity index (χ1v) is 9.21. The van der Waals surface area contributed by atoms with Gasteiger partial charge < -0.3 is 9.72 Å². The number of para-hydroxylation sites is 1. The number of rotatable bonds is 4. The van der Waals surface area contributed by atoms with Crippen LogP contribution in [0.4, 0.5) is 5.95 Å². The molecule has 0 saturated heterocycles. The highest BCUT2D eigenvalue weighted by atomic mass is 16.5. The summed E-state index contributed by atoms with van der Waals surface area (Å²) in [6.07, 6.45) is 1.71. The lowest BCUT2D eigenvalue weighted by Crippen LogP contribution is -2.00. The zero-order valence-electron chi connectivity index (χ0n) is 16.0. The number of aromatic nitrogens is 4. The molecule has 0 fully saturated rings. The van der Waals surface area contributed by atoms with Gasteiger partial charge in [-0.1, -0.05) is 48.5 Å². The Kier molecular flexibility index (Phi) is 4.05. The predicted octanol–water partition coefficient (Wildman–Crippen LogP) is 4.42. The van der Waals surface area contributed by atoms with Crippen LogP contribution >= 0.6 is 0 Å². The van der Waals surface area contributed by atoms with Crippen LogP contribution in [-0.4, -0.2) is 33.5 Å². The highest BCUT2D eigenvalue weighted by molar-refractivity contribution is 6.04. The molecule has 7 heteroatoms. The monoisotopic (exact) mass is 382 g/mol. The number of aromatic amines is 1. The molecule has 2 N–H and O–H groups in total. The Morgan fingerprint density at radius 3 is 2.76 bits per heavy atom. The van der Waals surface area contributed by atoms with Crippen LogP contribution in [0.25, 0.3) is 32.8 Å². The van der Waals surface area contributed by atoms with Gasteiger partial charge in [-0.3, -0.25) is 0 Å². The third-order valence-electron chi connectivity index (χ3n) is 4.97. The minimum absolute atomic E-state index is 0.317. The molecule has 5 aromatic rings. The van der Waals surface area contributed by atoms with E-state index in [1.807, 2.05) is 55.5 Å². The van der Waals surface area contributed by atoms with Crippen molar-refractivity contribution >= 4 is 45.0 Å². The standard InChI is InChI=1S/C22H18N6O/c1-13-6-5-9-16-19(13)24-21-20(16)26-28-22(25-21)27-23-12-17-15-8-4-3-7-14(15)10-11-18(17)29-2/h3-12H,1-2H3,(H2,24,25,27,28). The van der Waals surface area contributed by atoms with Gasteiger partial charge in [-0.05, 0) is 29.3 Å². The van der Waals surface area contributed by atoms with Crippen molar-refractivity contribution in [2.75, 3.05) is 12.5 Å². The maximum absolute atomic E-state index is 5.49. The Morgan fingerprint density at radius 1 is 1.00 bits per heavy atom. The summed E-state index contributed by atoms with van der Waals surface area (Å²) in [6.45, 7) is 2.05. The second-order valence-corrected chi connectivity index (χ2v) is 6.73. The summed E-state index contributed by atoms with van der Waals surface area (Å²) >= 11 is 0. The van der Waals surface area contributed by atoms with E-state index < -0.39 is 0 Å². The van der Waals surface area contributed by atoms with Gasteiger partial charge in [0.2, 0.25) is 0 Å². The Hall–Kier alpha value is -4.00. The minimum atomic E-state index is 0.317. The molecule has 0 saturated carbocycles. The Labute approximate surface area is 166 Å². The Morgan fingerprint density at radius 2 is 1.86 bits per heavy atom. The van der Waals surface area contributed by atoms with Crippen molar-refractivity contribution in [3.8, 4) is 5.75 Å². The number of fused-ring (bicyclic) bond motifs is 4. The molecule has 0 spiro atoms. The highest BCUT2D eigenvalue weighted by Gasteiger charge is 2.10. The maximum atomic E-state index is 5.49. The number of hydrazone groups is 1. The van der Waals surface area contributed by atoms with Crippen molar-refractivity contribution in [1.82, 2.24) is 20.2 Å². The zero-order chi connectivity index (χ0) is 19.8. The van der Waals surface area contributed by atoms with Crippen molar-refractivity contribution < 1.29 is 4.74 Å². The van der Waals surface area contributed by atoms with Gasteiger partial charge in [0.05, 0.1) is 18.8 Å². The number of aryl methyl sites for hydroxylation is 1. The summed E-state index contributed by atoms with van der Waals surface area (Å²) in [5.74, 6) is 1.06. The molecule has 0 aliphatic carbocycles. The summed E-state index contributed by atoms with van der Waals surface area (Å²) in [7, 11) is 1.65. The molecule has 7 nitrogen and oxygen atoms in total. The third-order valence-corrected chi connectivity index (χ3v) is 4.97. The predicted molar refractivity (Wildman–Crippen MR) is 116 cm³/mol. The lowest BCUT2D eigenvalue weighted by molar-refractivity contribution is 0.415. The largest absolute Gasteiger partial charge is 0.496 e. The fourth-order valence-electron chi connectivity index (χ4n) is 3.53. The molecular weight excluding hydrogens is 364 g/mol. The summed E-state index contributed by atoms with van der Waals surface area (Å²) < 4.78 is 5.49. The van der Waals surface area contributed by atoms with Gasteiger partial charge in [-0.25, -0.2) is 5.43 Å². The lowest BCUT2D eigenvalue weighted by Gasteiger charge is -2.08. The van der Waals surface area contributed by atoms with Gasteiger partial charge in [-0.2, -0.15) is 10.1 Å². The summed E-state index contributed by atoms with van der Waals surface area (Å²) in [5, 5.41) is 16.0. The molecule has 29 heavy (non-hydrogen) atoms. The van der Waals surface area contributed by atoms with E-state index >= 15 is 0 Å². The van der Waals surface area contributed by atoms with Crippen LogP contribution in [0.5, 0.6) is 5.75 Å². The van der Waals surface area contributed by atoms with Crippen LogP contribution in [0.15, 0.2) is 59.7 Å². The van der Waals surface area contributed by atoms with E-state index in [4.69, 9.17) is 4.74 Å². The Balaban J connectivity index is 1.49. The van der Waals surface area contributed by atoms with Crippen LogP contribution in [0.1, 0.15) is 11.1 Å². The van der Waals surface area contributed by atoms with Crippen LogP contribution < -0.4 is 10.2 Å². The van der Waals surface area contributed by atoms with Crippen molar-refractivity contribution in [2.24, 2.45) is 5.10 Å². The molecule has 0 bridgehead atoms. The topological polar surface area (TPSA) is 88.1 Å². The average molecular weight is 382 g/mol. The highest BCUT2D eigenvalue weighted by Crippen LogP contribution is 2.27. The normalized spacial score (nSPS) is 11.7. The average Bonchev–Trinajstić information content (AvgIpc) is 3.13. The first kappa shape index (κ1) is 17.1. The van der Waals surface area contributed by atoms with E-state index in [1.54, 1.807) is 13.3 Å². The number of nitrogens with zero attached hydrogens (tertiary/aromatic N) is 4. The van der Waals surface area contributed by atoms with Crippen LogP contribution in [0, 0.1) is 6.92 Å². The number of ether oxygens (including phenoxy) is 1. The van der Waals surface area contributed by atoms with Gasteiger partial charge >= 0.3 is 0 Å². The second-order valence-electron chi connectivity index (χ2n) is 6.73. The Bertz CT molecular complexity index is 1390. The van der Waals surface area contributed by atoms with Crippen LogP contribution in [0.3, 0.4) is 0 Å². The van der Waals surface area contributed by atoms with Gasteiger partial charge in [0, 0.05) is 10.9 Å². The number of hydrogen-bond donors (Lipinski definition) is 2. The van der Waals surface area contributed by atoms with Crippen molar-refractivity contribution in [1.29, 1.82) is 0 Å². The SMILES string of the molecule is COc1ccc2ccccc2c1C=NNc1nnc2c(n1)[nH]c1c(C)cccc12. The van der Waals surface area contributed by atoms with E-state index in [0.29, 0.717) is 11.6 Å². The number of anilines is 1. The van der Waals surface area contributed by atoms with Gasteiger partial charge in [0.15, 0.2) is 5.65 Å². The summed E-state index contributed by atoms with van der Waals surface area (Å²) in [5.41, 5.74) is 7.32. The van der Waals surface area contributed by atoms with E-state index in [0.717, 1.165) is 44.1 Å². The van der Waals surface area contributed by atoms with Crippen molar-refractivity contribution in [2.45, 2.75) is 6.92 Å². The van der Waals surface area contributed by atoms with Gasteiger partial charge in [-0.15, -0.1) is 10.2 Å². The number of nitrogens with one attached hydrogen (secondary N) is 2. The number of methoxy groups -OCH3 is 1. The van der Waals surface area contributed by atoms with Gasteiger partial charge in [0.25, 0.3) is 5.95 Å². The molecule has 2 aromatic heterocycles. The van der Waals surface area contributed by atoms with E-state index in [-0.39, 0.29) is 0 Å². The van der Waals surface area contributed by atoms with E-state index in [2.05, 4.69) is 36.8 Å². The summed E-state index contributed by atoms with van der Waals surface area (Å²) in [6, 6.07) is 18.1. The molecular formula is C22H18N6O. The molecule has 142 valence electrons. The van der Waals surface area contributed by atoms with E-state index in [1.165, 1.54) is 0 Å². The zero-order valence-corrected chi connectivity index (χ0v) is 16.0. The lowest BCUT2D eigenvalue weighted by atomic mass is 10.0. The molecule has 0 amide bonds. The molecule has 2 heterocycles. The minimum Gasteiger partial charge on any atom is -0.496 e. The number of benzene rings is 3.